The first-order valence-electron chi connectivity index (χ1n) is 7.03. The molecule has 3 unspecified atom stereocenters. The molecule has 2 fully saturated rings. The molecular formula is C14H27NO2. The van der Waals surface area contributed by atoms with Crippen molar-refractivity contribution in [3.8, 4) is 0 Å². The normalized spacial score (nSPS) is 39.9. The Morgan fingerprint density at radius 3 is 2.88 bits per heavy atom. The summed E-state index contributed by atoms with van der Waals surface area (Å²) in [5, 5.41) is 9.92. The van der Waals surface area contributed by atoms with Gasteiger partial charge in [-0.1, -0.05) is 13.8 Å². The smallest absolute Gasteiger partial charge is 0.0674 e. The largest absolute Gasteiger partial charge is 0.393 e. The van der Waals surface area contributed by atoms with E-state index in [0.29, 0.717) is 17.6 Å². The van der Waals surface area contributed by atoms with Gasteiger partial charge in [0.1, 0.15) is 0 Å². The average Bonchev–Trinajstić information content (AvgIpc) is 2.46. The molecule has 2 rings (SSSR count). The molecule has 3 heteroatoms. The number of ether oxygens (including phenoxy) is 1. The van der Waals surface area contributed by atoms with Crippen LogP contribution in [0.2, 0.25) is 0 Å². The molecular weight excluding hydrogens is 214 g/mol. The Labute approximate surface area is 105 Å². The summed E-state index contributed by atoms with van der Waals surface area (Å²) in [5.41, 5.74) is 0.323. The van der Waals surface area contributed by atoms with Gasteiger partial charge < -0.3 is 9.84 Å². The van der Waals surface area contributed by atoms with Gasteiger partial charge in [-0.25, -0.2) is 0 Å². The van der Waals surface area contributed by atoms with E-state index in [1.54, 1.807) is 0 Å². The summed E-state index contributed by atoms with van der Waals surface area (Å²) in [6.07, 6.45) is 4.36. The summed E-state index contributed by atoms with van der Waals surface area (Å²) in [6.45, 7) is 9.86. The van der Waals surface area contributed by atoms with Crippen molar-refractivity contribution >= 4 is 0 Å². The second-order valence-corrected chi connectivity index (χ2v) is 6.46. The monoisotopic (exact) mass is 241 g/mol. The zero-order chi connectivity index (χ0) is 12.5. The Morgan fingerprint density at radius 1 is 1.35 bits per heavy atom. The summed E-state index contributed by atoms with van der Waals surface area (Å²) in [5.74, 6) is 0. The van der Waals surface area contributed by atoms with Gasteiger partial charge in [0.05, 0.1) is 12.2 Å². The van der Waals surface area contributed by atoms with Crippen LogP contribution in [0.5, 0.6) is 0 Å². The van der Waals surface area contributed by atoms with Crippen LogP contribution in [-0.4, -0.2) is 48.0 Å². The molecule has 100 valence electrons. The minimum atomic E-state index is -0.104. The minimum absolute atomic E-state index is 0.104. The van der Waals surface area contributed by atoms with Gasteiger partial charge in [-0.2, -0.15) is 0 Å². The molecule has 0 aromatic heterocycles. The zero-order valence-electron chi connectivity index (χ0n) is 11.5. The van der Waals surface area contributed by atoms with E-state index < -0.39 is 0 Å². The third-order valence-electron chi connectivity index (χ3n) is 4.44. The first-order valence-corrected chi connectivity index (χ1v) is 7.03. The maximum absolute atomic E-state index is 9.92. The summed E-state index contributed by atoms with van der Waals surface area (Å²) >= 11 is 0. The van der Waals surface area contributed by atoms with Crippen molar-refractivity contribution in [3.63, 3.8) is 0 Å². The highest BCUT2D eigenvalue weighted by atomic mass is 16.5. The van der Waals surface area contributed by atoms with E-state index in [2.05, 4.69) is 25.7 Å². The molecule has 1 heterocycles. The molecule has 0 aromatic carbocycles. The molecule has 1 saturated carbocycles. The van der Waals surface area contributed by atoms with Gasteiger partial charge in [-0.15, -0.1) is 0 Å². The van der Waals surface area contributed by atoms with Crippen molar-refractivity contribution in [2.45, 2.75) is 64.7 Å². The van der Waals surface area contributed by atoms with Crippen molar-refractivity contribution in [2.75, 3.05) is 19.7 Å². The Bertz CT molecular complexity index is 255. The van der Waals surface area contributed by atoms with Crippen LogP contribution >= 0.6 is 0 Å². The van der Waals surface area contributed by atoms with Gasteiger partial charge in [0, 0.05) is 25.7 Å². The number of hydrogen-bond donors (Lipinski definition) is 1. The zero-order valence-corrected chi connectivity index (χ0v) is 11.5. The topological polar surface area (TPSA) is 32.7 Å². The fraction of sp³-hybridized carbons (Fsp3) is 1.00. The maximum Gasteiger partial charge on any atom is 0.0674 e. The van der Waals surface area contributed by atoms with Crippen LogP contribution in [0.3, 0.4) is 0 Å². The lowest BCUT2D eigenvalue weighted by Crippen LogP contribution is -2.51. The van der Waals surface area contributed by atoms with Crippen molar-refractivity contribution < 1.29 is 9.84 Å². The summed E-state index contributed by atoms with van der Waals surface area (Å²) in [7, 11) is 0. The Balaban J connectivity index is 2.06. The van der Waals surface area contributed by atoms with Gasteiger partial charge in [-0.05, 0) is 38.0 Å². The molecule has 1 aliphatic carbocycles. The molecule has 3 atom stereocenters. The first kappa shape index (κ1) is 13.3. The fourth-order valence-electron chi connectivity index (χ4n) is 3.35. The van der Waals surface area contributed by atoms with Crippen LogP contribution in [0.1, 0.15) is 46.5 Å². The highest BCUT2D eigenvalue weighted by molar-refractivity contribution is 4.93. The van der Waals surface area contributed by atoms with Gasteiger partial charge in [0.25, 0.3) is 0 Å². The van der Waals surface area contributed by atoms with Crippen LogP contribution in [0.4, 0.5) is 0 Å². The van der Waals surface area contributed by atoms with E-state index in [0.717, 1.165) is 45.4 Å². The summed E-state index contributed by atoms with van der Waals surface area (Å²) < 4.78 is 5.71. The molecule has 0 bridgehead atoms. The Hall–Kier alpha value is -0.120. The molecule has 1 aliphatic heterocycles. The molecule has 1 saturated heterocycles. The van der Waals surface area contributed by atoms with E-state index in [-0.39, 0.29) is 6.10 Å². The number of aliphatic hydroxyl groups is 1. The van der Waals surface area contributed by atoms with Crippen LogP contribution in [0, 0.1) is 5.41 Å². The molecule has 1 N–H and O–H groups in total. The van der Waals surface area contributed by atoms with Crippen LogP contribution in [0.15, 0.2) is 0 Å². The highest BCUT2D eigenvalue weighted by Crippen LogP contribution is 2.39. The van der Waals surface area contributed by atoms with Gasteiger partial charge in [0.15, 0.2) is 0 Å². The lowest BCUT2D eigenvalue weighted by molar-refractivity contribution is -0.0209. The number of aliphatic hydroxyl groups excluding tert-OH is 1. The van der Waals surface area contributed by atoms with E-state index in [1.165, 1.54) is 0 Å². The lowest BCUT2D eigenvalue weighted by Gasteiger charge is -2.47. The molecule has 2 aliphatic rings. The predicted molar refractivity (Wildman–Crippen MR) is 69.0 cm³/mol. The van der Waals surface area contributed by atoms with Crippen LogP contribution < -0.4 is 0 Å². The van der Waals surface area contributed by atoms with Crippen LogP contribution in [-0.2, 0) is 4.74 Å². The van der Waals surface area contributed by atoms with Crippen LogP contribution in [0.25, 0.3) is 0 Å². The van der Waals surface area contributed by atoms with E-state index >= 15 is 0 Å². The summed E-state index contributed by atoms with van der Waals surface area (Å²) in [6, 6.07) is 0.510. The minimum Gasteiger partial charge on any atom is -0.393 e. The molecule has 17 heavy (non-hydrogen) atoms. The van der Waals surface area contributed by atoms with E-state index in [9.17, 15) is 5.11 Å². The first-order chi connectivity index (χ1) is 7.99. The third-order valence-corrected chi connectivity index (χ3v) is 4.44. The molecule has 3 nitrogen and oxygen atoms in total. The van der Waals surface area contributed by atoms with Crippen molar-refractivity contribution in [2.24, 2.45) is 5.41 Å². The fourth-order valence-corrected chi connectivity index (χ4v) is 3.35. The van der Waals surface area contributed by atoms with Gasteiger partial charge in [-0.3, -0.25) is 4.90 Å². The van der Waals surface area contributed by atoms with Crippen molar-refractivity contribution in [1.29, 1.82) is 0 Å². The molecule has 0 spiro atoms. The number of rotatable bonds is 1. The molecule has 0 aromatic rings. The molecule has 0 amide bonds. The number of hydrogen-bond acceptors (Lipinski definition) is 3. The summed E-state index contributed by atoms with van der Waals surface area (Å²) in [4.78, 5) is 2.56. The standard InChI is InChI=1S/C14H27NO2/c1-11-10-15(7-4-8-17-11)13-9-12(16)5-6-14(13,2)3/h11-13,16H,4-10H2,1-3H3. The van der Waals surface area contributed by atoms with Gasteiger partial charge >= 0.3 is 0 Å². The lowest BCUT2D eigenvalue weighted by atomic mass is 9.71. The number of nitrogens with zero attached hydrogens (tertiary/aromatic N) is 1. The highest BCUT2D eigenvalue weighted by Gasteiger charge is 2.39. The predicted octanol–water partition coefficient (Wildman–Crippen LogP) is 2.04. The Kier molecular flexibility index (Phi) is 4.11. The maximum atomic E-state index is 9.92. The molecule has 0 radical (unpaired) electrons. The van der Waals surface area contributed by atoms with Gasteiger partial charge in [0.2, 0.25) is 0 Å². The second kappa shape index (κ2) is 5.25. The Morgan fingerprint density at radius 2 is 2.12 bits per heavy atom. The van der Waals surface area contributed by atoms with E-state index in [1.807, 2.05) is 0 Å². The van der Waals surface area contributed by atoms with E-state index in [4.69, 9.17) is 4.74 Å². The van der Waals surface area contributed by atoms with Crippen molar-refractivity contribution in [3.05, 3.63) is 0 Å². The average molecular weight is 241 g/mol. The van der Waals surface area contributed by atoms with Crippen molar-refractivity contribution in [1.82, 2.24) is 4.90 Å². The second-order valence-electron chi connectivity index (χ2n) is 6.46. The SMILES string of the molecule is CC1CN(C2CC(O)CCC2(C)C)CCCO1. The third kappa shape index (κ3) is 3.21. The quantitative estimate of drug-likeness (QED) is 0.762.